The predicted molar refractivity (Wildman–Crippen MR) is 59.9 cm³/mol. The Balaban J connectivity index is 3.19. The molecule has 16 heavy (non-hydrogen) atoms. The first-order chi connectivity index (χ1) is 7.47. The Morgan fingerprint density at radius 1 is 1.62 bits per heavy atom. The van der Waals surface area contributed by atoms with E-state index in [1.807, 2.05) is 6.07 Å². The number of aromatic carboxylic acids is 1. The molecule has 0 aliphatic carbocycles. The van der Waals surface area contributed by atoms with Crippen LogP contribution in [0.1, 0.15) is 17.3 Å². The number of nitrogens with zero attached hydrogens (tertiary/aromatic N) is 1. The fourth-order valence-electron chi connectivity index (χ4n) is 1.05. The van der Waals surface area contributed by atoms with E-state index in [-0.39, 0.29) is 15.5 Å². The van der Waals surface area contributed by atoms with Crippen LogP contribution in [0.15, 0.2) is 23.1 Å². The highest BCUT2D eigenvalue weighted by Gasteiger charge is 2.16. The average molecular weight is 258 g/mol. The average Bonchev–Trinajstić information content (AvgIpc) is 2.27. The Labute approximate surface area is 99.9 Å². The minimum atomic E-state index is -1.55. The Kier molecular flexibility index (Phi) is 4.05. The second-order valence-electron chi connectivity index (χ2n) is 3.02. The largest absolute Gasteiger partial charge is 0.478 e. The molecule has 2 atom stereocenters. The molecule has 0 bridgehead atoms. The lowest BCUT2D eigenvalue weighted by atomic mass is 10.2. The summed E-state index contributed by atoms with van der Waals surface area (Å²) in [6.45, 7) is 1.51. The van der Waals surface area contributed by atoms with Crippen LogP contribution in [-0.2, 0) is 10.8 Å². The Bertz CT molecular complexity index is 495. The Morgan fingerprint density at radius 2 is 2.25 bits per heavy atom. The summed E-state index contributed by atoms with van der Waals surface area (Å²) in [5.41, 5.74) is -0.113. The summed E-state index contributed by atoms with van der Waals surface area (Å²) in [6.07, 6.45) is 0. The molecule has 2 unspecified atom stereocenters. The maximum Gasteiger partial charge on any atom is 0.337 e. The fraction of sp³-hybridized carbons (Fsp3) is 0.200. The summed E-state index contributed by atoms with van der Waals surface area (Å²) in [6, 6.07) is 5.90. The highest BCUT2D eigenvalue weighted by molar-refractivity contribution is 7.86. The molecule has 1 aromatic carbocycles. The summed E-state index contributed by atoms with van der Waals surface area (Å²) in [5.74, 6) is -1.19. The first-order valence-corrected chi connectivity index (χ1v) is 5.89. The number of halogens is 1. The molecule has 0 fully saturated rings. The van der Waals surface area contributed by atoms with Gasteiger partial charge in [0.05, 0.1) is 27.5 Å². The van der Waals surface area contributed by atoms with Gasteiger partial charge in [-0.25, -0.2) is 4.79 Å². The third-order valence-corrected chi connectivity index (χ3v) is 3.70. The Hall–Kier alpha value is -1.38. The molecule has 0 aromatic heterocycles. The normalized spacial score (nSPS) is 13.8. The lowest BCUT2D eigenvalue weighted by molar-refractivity contribution is 0.0697. The van der Waals surface area contributed by atoms with E-state index in [1.165, 1.54) is 25.1 Å². The van der Waals surface area contributed by atoms with Crippen LogP contribution in [0.2, 0.25) is 5.02 Å². The third-order valence-electron chi connectivity index (χ3n) is 1.90. The fourth-order valence-corrected chi connectivity index (χ4v) is 2.18. The quantitative estimate of drug-likeness (QED) is 0.899. The number of carbonyl (C=O) groups is 1. The number of hydrogen-bond donors (Lipinski definition) is 1. The molecule has 0 heterocycles. The van der Waals surface area contributed by atoms with E-state index >= 15 is 0 Å². The van der Waals surface area contributed by atoms with Crippen molar-refractivity contribution < 1.29 is 14.1 Å². The van der Waals surface area contributed by atoms with Crippen LogP contribution in [-0.4, -0.2) is 20.5 Å². The molecule has 0 aliphatic rings. The molecule has 1 aromatic rings. The van der Waals surface area contributed by atoms with Crippen molar-refractivity contribution in [3.8, 4) is 6.07 Å². The van der Waals surface area contributed by atoms with Crippen LogP contribution in [0.25, 0.3) is 0 Å². The van der Waals surface area contributed by atoms with Gasteiger partial charge in [-0.15, -0.1) is 0 Å². The van der Waals surface area contributed by atoms with E-state index in [9.17, 15) is 9.00 Å². The van der Waals surface area contributed by atoms with Crippen LogP contribution in [0.5, 0.6) is 0 Å². The molecule has 1 rings (SSSR count). The van der Waals surface area contributed by atoms with E-state index in [0.29, 0.717) is 0 Å². The Morgan fingerprint density at radius 3 is 2.75 bits per heavy atom. The van der Waals surface area contributed by atoms with Gasteiger partial charge < -0.3 is 5.11 Å². The molecular formula is C10H8ClNO3S. The molecule has 84 valence electrons. The number of carboxylic acids is 1. The summed E-state index contributed by atoms with van der Waals surface area (Å²) >= 11 is 5.66. The topological polar surface area (TPSA) is 78.2 Å². The van der Waals surface area contributed by atoms with Gasteiger partial charge in [0, 0.05) is 4.90 Å². The van der Waals surface area contributed by atoms with Gasteiger partial charge in [-0.3, -0.25) is 4.21 Å². The first-order valence-electron chi connectivity index (χ1n) is 4.30. The molecular weight excluding hydrogens is 250 g/mol. The number of hydrogen-bond acceptors (Lipinski definition) is 3. The highest BCUT2D eigenvalue weighted by atomic mass is 35.5. The first kappa shape index (κ1) is 12.7. The smallest absolute Gasteiger partial charge is 0.337 e. The lowest BCUT2D eigenvalue weighted by Gasteiger charge is -2.05. The summed E-state index contributed by atoms with van der Waals surface area (Å²) in [4.78, 5) is 11.1. The minimum Gasteiger partial charge on any atom is -0.478 e. The molecule has 0 aliphatic heterocycles. The standard InChI is InChI=1S/C10H8ClNO3S/c1-6(5-12)16(15)7-2-3-9(11)8(4-7)10(13)14/h2-4,6H,1H3,(H,13,14). The van der Waals surface area contributed by atoms with Crippen molar-refractivity contribution in [1.29, 1.82) is 5.26 Å². The van der Waals surface area contributed by atoms with Crippen LogP contribution >= 0.6 is 11.6 Å². The van der Waals surface area contributed by atoms with Crippen LogP contribution in [0.4, 0.5) is 0 Å². The van der Waals surface area contributed by atoms with Crippen molar-refractivity contribution in [2.45, 2.75) is 17.1 Å². The molecule has 0 amide bonds. The minimum absolute atomic E-state index is 0.0814. The lowest BCUT2D eigenvalue weighted by Crippen LogP contribution is -2.09. The van der Waals surface area contributed by atoms with Gasteiger partial charge >= 0.3 is 5.97 Å². The van der Waals surface area contributed by atoms with Gasteiger partial charge in [0.2, 0.25) is 0 Å². The molecule has 0 saturated heterocycles. The summed E-state index contributed by atoms with van der Waals surface area (Å²) in [7, 11) is -1.55. The second kappa shape index (κ2) is 5.10. The van der Waals surface area contributed by atoms with Crippen molar-refractivity contribution in [3.05, 3.63) is 28.8 Å². The van der Waals surface area contributed by atoms with Gasteiger partial charge in [-0.2, -0.15) is 5.26 Å². The summed E-state index contributed by atoms with van der Waals surface area (Å²) in [5, 5.41) is 16.8. The van der Waals surface area contributed by atoms with Crippen molar-refractivity contribution in [2.75, 3.05) is 0 Å². The number of carboxylic acid groups (broad SMARTS) is 1. The van der Waals surface area contributed by atoms with Crippen molar-refractivity contribution in [1.82, 2.24) is 0 Å². The molecule has 6 heteroatoms. The molecule has 4 nitrogen and oxygen atoms in total. The monoisotopic (exact) mass is 257 g/mol. The zero-order valence-electron chi connectivity index (χ0n) is 8.31. The van der Waals surface area contributed by atoms with Gasteiger partial charge in [0.1, 0.15) is 5.25 Å². The van der Waals surface area contributed by atoms with Gasteiger partial charge in [0.25, 0.3) is 0 Å². The predicted octanol–water partition coefficient (Wildman–Crippen LogP) is 2.06. The second-order valence-corrected chi connectivity index (χ2v) is 5.20. The van der Waals surface area contributed by atoms with Crippen LogP contribution in [0.3, 0.4) is 0 Å². The van der Waals surface area contributed by atoms with Gasteiger partial charge in [0.15, 0.2) is 0 Å². The zero-order valence-corrected chi connectivity index (χ0v) is 9.88. The van der Waals surface area contributed by atoms with Gasteiger partial charge in [-0.05, 0) is 25.1 Å². The van der Waals surface area contributed by atoms with Crippen molar-refractivity contribution in [3.63, 3.8) is 0 Å². The molecule has 1 N–H and O–H groups in total. The van der Waals surface area contributed by atoms with Crippen LogP contribution < -0.4 is 0 Å². The van der Waals surface area contributed by atoms with E-state index in [4.69, 9.17) is 22.0 Å². The van der Waals surface area contributed by atoms with E-state index in [2.05, 4.69) is 0 Å². The highest BCUT2D eigenvalue weighted by Crippen LogP contribution is 2.21. The molecule has 0 radical (unpaired) electrons. The van der Waals surface area contributed by atoms with E-state index in [0.717, 1.165) is 0 Å². The SMILES string of the molecule is CC(C#N)S(=O)c1ccc(Cl)c(C(=O)O)c1. The maximum atomic E-state index is 11.7. The van der Waals surface area contributed by atoms with Crippen molar-refractivity contribution >= 4 is 28.4 Å². The van der Waals surface area contributed by atoms with Crippen LogP contribution in [0, 0.1) is 11.3 Å². The zero-order chi connectivity index (χ0) is 12.3. The van der Waals surface area contributed by atoms with Crippen molar-refractivity contribution in [2.24, 2.45) is 0 Å². The van der Waals surface area contributed by atoms with E-state index in [1.54, 1.807) is 0 Å². The number of nitriles is 1. The van der Waals surface area contributed by atoms with E-state index < -0.39 is 22.0 Å². The maximum absolute atomic E-state index is 11.7. The third kappa shape index (κ3) is 2.60. The molecule has 0 saturated carbocycles. The van der Waals surface area contributed by atoms with Gasteiger partial charge in [-0.1, -0.05) is 11.6 Å². The number of benzene rings is 1. The number of rotatable bonds is 3. The summed E-state index contributed by atoms with van der Waals surface area (Å²) < 4.78 is 11.7. The molecule has 0 spiro atoms.